The lowest BCUT2D eigenvalue weighted by Gasteiger charge is -2.08. The van der Waals surface area contributed by atoms with Gasteiger partial charge in [0.05, 0.1) is 7.11 Å². The number of ether oxygens (including phenoxy) is 1. The minimum atomic E-state index is 0. The second-order valence-corrected chi connectivity index (χ2v) is 2.60. The third-order valence-corrected chi connectivity index (χ3v) is 1.67. The molecule has 1 aromatic rings. The first-order chi connectivity index (χ1) is 5.77. The Morgan fingerprint density at radius 2 is 2.15 bits per heavy atom. The van der Waals surface area contributed by atoms with Crippen LogP contribution in [-0.4, -0.2) is 14.2 Å². The third-order valence-electron chi connectivity index (χ3n) is 1.67. The Kier molecular flexibility index (Phi) is 5.26. The Balaban J connectivity index is 0.00000144. The highest BCUT2D eigenvalue weighted by Crippen LogP contribution is 2.20. The molecular weight excluding hydrogens is 188 g/mol. The molecule has 0 aromatic heterocycles. The molecule has 0 amide bonds. The number of rotatable bonds is 3. The Morgan fingerprint density at radius 3 is 2.69 bits per heavy atom. The van der Waals surface area contributed by atoms with E-state index in [1.807, 2.05) is 25.2 Å². The topological polar surface area (TPSA) is 47.3 Å². The van der Waals surface area contributed by atoms with Gasteiger partial charge in [-0.15, -0.1) is 12.4 Å². The first-order valence-electron chi connectivity index (χ1n) is 3.85. The van der Waals surface area contributed by atoms with Gasteiger partial charge in [0.15, 0.2) is 0 Å². The highest BCUT2D eigenvalue weighted by molar-refractivity contribution is 5.85. The van der Waals surface area contributed by atoms with Crippen LogP contribution in [0.1, 0.15) is 5.56 Å². The van der Waals surface area contributed by atoms with Gasteiger partial charge in [-0.2, -0.15) is 0 Å². The average molecular weight is 203 g/mol. The fourth-order valence-electron chi connectivity index (χ4n) is 1.13. The predicted molar refractivity (Wildman–Crippen MR) is 57.4 cm³/mol. The first-order valence-corrected chi connectivity index (χ1v) is 3.85. The van der Waals surface area contributed by atoms with Crippen molar-refractivity contribution >= 4 is 18.1 Å². The van der Waals surface area contributed by atoms with E-state index >= 15 is 0 Å². The number of benzene rings is 1. The highest BCUT2D eigenvalue weighted by Gasteiger charge is 2.00. The minimum Gasteiger partial charge on any atom is -0.496 e. The van der Waals surface area contributed by atoms with Crippen LogP contribution in [0, 0.1) is 0 Å². The van der Waals surface area contributed by atoms with Crippen molar-refractivity contribution in [3.8, 4) is 5.75 Å². The van der Waals surface area contributed by atoms with E-state index in [1.54, 1.807) is 7.11 Å². The number of anilines is 1. The summed E-state index contributed by atoms with van der Waals surface area (Å²) in [5.74, 6) is 0.874. The summed E-state index contributed by atoms with van der Waals surface area (Å²) in [7, 11) is 3.55. The molecule has 0 aliphatic heterocycles. The summed E-state index contributed by atoms with van der Waals surface area (Å²) in [4.78, 5) is 0. The highest BCUT2D eigenvalue weighted by atomic mass is 35.5. The van der Waals surface area contributed by atoms with Crippen LogP contribution < -0.4 is 15.8 Å². The molecule has 0 fully saturated rings. The van der Waals surface area contributed by atoms with Crippen LogP contribution in [0.3, 0.4) is 0 Å². The van der Waals surface area contributed by atoms with Gasteiger partial charge in [-0.25, -0.2) is 0 Å². The van der Waals surface area contributed by atoms with Crippen LogP contribution in [0.25, 0.3) is 0 Å². The number of methoxy groups -OCH3 is 1. The van der Waals surface area contributed by atoms with Crippen molar-refractivity contribution in [1.82, 2.24) is 5.32 Å². The smallest absolute Gasteiger partial charge is 0.123 e. The lowest BCUT2D eigenvalue weighted by atomic mass is 10.2. The molecule has 0 aliphatic rings. The molecule has 0 radical (unpaired) electrons. The van der Waals surface area contributed by atoms with Crippen LogP contribution in [0.5, 0.6) is 5.75 Å². The summed E-state index contributed by atoms with van der Waals surface area (Å²) in [6.07, 6.45) is 0. The van der Waals surface area contributed by atoms with Gasteiger partial charge in [-0.1, -0.05) is 0 Å². The van der Waals surface area contributed by atoms with E-state index in [2.05, 4.69) is 5.32 Å². The molecule has 0 spiro atoms. The number of nitrogens with one attached hydrogen (secondary N) is 1. The van der Waals surface area contributed by atoms with E-state index < -0.39 is 0 Å². The molecule has 4 heteroatoms. The average Bonchev–Trinajstić information content (AvgIpc) is 2.05. The van der Waals surface area contributed by atoms with Gasteiger partial charge < -0.3 is 15.8 Å². The van der Waals surface area contributed by atoms with Crippen LogP contribution in [0.2, 0.25) is 0 Å². The zero-order valence-corrected chi connectivity index (χ0v) is 8.65. The molecule has 0 atom stereocenters. The van der Waals surface area contributed by atoms with Crippen LogP contribution in [-0.2, 0) is 6.54 Å². The maximum atomic E-state index is 5.63. The summed E-state index contributed by atoms with van der Waals surface area (Å²) < 4.78 is 5.16. The van der Waals surface area contributed by atoms with Crippen LogP contribution >= 0.6 is 12.4 Å². The molecule has 0 aliphatic carbocycles. The van der Waals surface area contributed by atoms with Gasteiger partial charge in [0, 0.05) is 17.8 Å². The molecule has 74 valence electrons. The van der Waals surface area contributed by atoms with Crippen molar-refractivity contribution < 1.29 is 4.74 Å². The molecule has 0 saturated carbocycles. The summed E-state index contributed by atoms with van der Waals surface area (Å²) >= 11 is 0. The maximum Gasteiger partial charge on any atom is 0.123 e. The van der Waals surface area contributed by atoms with Gasteiger partial charge in [0.2, 0.25) is 0 Å². The third kappa shape index (κ3) is 3.13. The molecule has 1 rings (SSSR count). The number of nitrogen functional groups attached to an aromatic ring is 1. The van der Waals surface area contributed by atoms with Gasteiger partial charge >= 0.3 is 0 Å². The van der Waals surface area contributed by atoms with E-state index in [-0.39, 0.29) is 12.4 Å². The maximum absolute atomic E-state index is 5.63. The summed E-state index contributed by atoms with van der Waals surface area (Å²) in [6, 6.07) is 5.62. The number of hydrogen-bond acceptors (Lipinski definition) is 3. The fraction of sp³-hybridized carbons (Fsp3) is 0.333. The summed E-state index contributed by atoms with van der Waals surface area (Å²) in [6.45, 7) is 0.772. The van der Waals surface area contributed by atoms with E-state index in [1.165, 1.54) is 0 Å². The van der Waals surface area contributed by atoms with Gasteiger partial charge in [-0.05, 0) is 25.2 Å². The standard InChI is InChI=1S/C9H14N2O.ClH/c1-11-6-7-5-8(10)3-4-9(7)12-2;/h3-5,11H,6,10H2,1-2H3;1H. The van der Waals surface area contributed by atoms with Crippen molar-refractivity contribution in [2.24, 2.45) is 0 Å². The Hall–Kier alpha value is -0.930. The van der Waals surface area contributed by atoms with Crippen molar-refractivity contribution in [3.63, 3.8) is 0 Å². The lowest BCUT2D eigenvalue weighted by molar-refractivity contribution is 0.408. The van der Waals surface area contributed by atoms with E-state index in [9.17, 15) is 0 Å². The van der Waals surface area contributed by atoms with Gasteiger partial charge in [0.1, 0.15) is 5.75 Å². The van der Waals surface area contributed by atoms with Crippen LogP contribution in [0.4, 0.5) is 5.69 Å². The number of hydrogen-bond donors (Lipinski definition) is 2. The molecule has 0 saturated heterocycles. The largest absolute Gasteiger partial charge is 0.496 e. The second-order valence-electron chi connectivity index (χ2n) is 2.60. The van der Waals surface area contributed by atoms with Crippen LogP contribution in [0.15, 0.2) is 18.2 Å². The predicted octanol–water partition coefficient (Wildman–Crippen LogP) is 1.42. The molecule has 13 heavy (non-hydrogen) atoms. The minimum absolute atomic E-state index is 0. The zero-order valence-electron chi connectivity index (χ0n) is 7.83. The fourth-order valence-corrected chi connectivity index (χ4v) is 1.13. The quantitative estimate of drug-likeness (QED) is 0.729. The Morgan fingerprint density at radius 1 is 1.46 bits per heavy atom. The van der Waals surface area contributed by atoms with Crippen molar-refractivity contribution in [1.29, 1.82) is 0 Å². The second kappa shape index (κ2) is 5.67. The molecule has 1 aromatic carbocycles. The molecule has 3 N–H and O–H groups in total. The van der Waals surface area contributed by atoms with Gasteiger partial charge in [-0.3, -0.25) is 0 Å². The van der Waals surface area contributed by atoms with E-state index in [0.717, 1.165) is 23.5 Å². The van der Waals surface area contributed by atoms with Crippen molar-refractivity contribution in [2.45, 2.75) is 6.54 Å². The van der Waals surface area contributed by atoms with E-state index in [4.69, 9.17) is 10.5 Å². The molecule has 0 bridgehead atoms. The van der Waals surface area contributed by atoms with Crippen molar-refractivity contribution in [3.05, 3.63) is 23.8 Å². The van der Waals surface area contributed by atoms with Crippen molar-refractivity contribution in [2.75, 3.05) is 19.9 Å². The monoisotopic (exact) mass is 202 g/mol. The molecule has 3 nitrogen and oxygen atoms in total. The molecule has 0 heterocycles. The summed E-state index contributed by atoms with van der Waals surface area (Å²) in [5.41, 5.74) is 7.48. The number of nitrogens with two attached hydrogens (primary N) is 1. The van der Waals surface area contributed by atoms with Gasteiger partial charge in [0.25, 0.3) is 0 Å². The molecule has 0 unspecified atom stereocenters. The normalized spacial score (nSPS) is 9.08. The van der Waals surface area contributed by atoms with E-state index in [0.29, 0.717) is 0 Å². The SMILES string of the molecule is CNCc1cc(N)ccc1OC.Cl. The zero-order chi connectivity index (χ0) is 8.97. The summed E-state index contributed by atoms with van der Waals surface area (Å²) in [5, 5.41) is 3.05. The Bertz CT molecular complexity index is 266. The Labute approximate surface area is 84.7 Å². The number of halogens is 1. The first kappa shape index (κ1) is 12.1. The molecular formula is C9H15ClN2O. The lowest BCUT2D eigenvalue weighted by Crippen LogP contribution is -2.07.